The standard InChI is InChI=1S/C13H15FN2O.ClH/c1-16-7-8-5-15-6-12(8)10-3-2-9(14)4-11(10)13(16)17;/h2-4,8,12,15H,5-7H2,1H3;1H. The van der Waals surface area contributed by atoms with Gasteiger partial charge in [0, 0.05) is 38.2 Å². The van der Waals surface area contributed by atoms with Gasteiger partial charge in [0.1, 0.15) is 5.82 Å². The van der Waals surface area contributed by atoms with Crippen LogP contribution in [0.15, 0.2) is 18.2 Å². The molecule has 1 saturated heterocycles. The molecule has 5 heteroatoms. The van der Waals surface area contributed by atoms with E-state index in [1.54, 1.807) is 18.0 Å². The highest BCUT2D eigenvalue weighted by Gasteiger charge is 2.36. The van der Waals surface area contributed by atoms with Crippen LogP contribution in [0.3, 0.4) is 0 Å². The van der Waals surface area contributed by atoms with Gasteiger partial charge in [-0.05, 0) is 23.6 Å². The van der Waals surface area contributed by atoms with Crippen LogP contribution in [0.1, 0.15) is 21.8 Å². The second-order valence-electron chi connectivity index (χ2n) is 4.94. The minimum Gasteiger partial charge on any atom is -0.341 e. The maximum atomic E-state index is 13.3. The molecule has 0 saturated carbocycles. The number of carbonyl (C=O) groups is 1. The van der Waals surface area contributed by atoms with Crippen LogP contribution in [0.5, 0.6) is 0 Å². The lowest BCUT2D eigenvalue weighted by atomic mass is 9.87. The second kappa shape index (κ2) is 4.86. The van der Waals surface area contributed by atoms with Gasteiger partial charge in [0.15, 0.2) is 0 Å². The fourth-order valence-electron chi connectivity index (χ4n) is 2.97. The molecule has 1 N–H and O–H groups in total. The molecule has 0 radical (unpaired) electrons. The molecule has 3 rings (SSSR count). The Hall–Kier alpha value is -1.13. The lowest BCUT2D eigenvalue weighted by Crippen LogP contribution is -2.31. The fraction of sp³-hybridized carbons (Fsp3) is 0.462. The molecule has 1 aromatic carbocycles. The fourth-order valence-corrected chi connectivity index (χ4v) is 2.97. The van der Waals surface area contributed by atoms with Gasteiger partial charge in [-0.25, -0.2) is 4.39 Å². The molecule has 3 nitrogen and oxygen atoms in total. The van der Waals surface area contributed by atoms with E-state index in [0.717, 1.165) is 25.2 Å². The maximum absolute atomic E-state index is 13.3. The van der Waals surface area contributed by atoms with Gasteiger partial charge in [-0.1, -0.05) is 6.07 Å². The van der Waals surface area contributed by atoms with Crippen molar-refractivity contribution in [2.75, 3.05) is 26.7 Å². The van der Waals surface area contributed by atoms with Crippen LogP contribution in [0.2, 0.25) is 0 Å². The Bertz CT molecular complexity index is 480. The van der Waals surface area contributed by atoms with Crippen LogP contribution in [0.4, 0.5) is 4.39 Å². The molecular formula is C13H16ClFN2O. The molecule has 0 aliphatic carbocycles. The summed E-state index contributed by atoms with van der Waals surface area (Å²) in [5, 5.41) is 3.35. The Morgan fingerprint density at radius 1 is 1.39 bits per heavy atom. The smallest absolute Gasteiger partial charge is 0.253 e. The van der Waals surface area contributed by atoms with E-state index in [0.29, 0.717) is 17.4 Å². The molecule has 2 unspecified atom stereocenters. The molecule has 0 bridgehead atoms. The average molecular weight is 271 g/mol. The van der Waals surface area contributed by atoms with Gasteiger partial charge in [-0.15, -0.1) is 12.4 Å². The molecule has 2 heterocycles. The molecule has 98 valence electrons. The SMILES string of the molecule is CN1CC2CNCC2c2ccc(F)cc2C1=O.Cl. The summed E-state index contributed by atoms with van der Waals surface area (Å²) in [6.07, 6.45) is 0. The Morgan fingerprint density at radius 2 is 2.17 bits per heavy atom. The molecule has 2 aliphatic rings. The molecule has 1 aromatic rings. The Morgan fingerprint density at radius 3 is 2.94 bits per heavy atom. The van der Waals surface area contributed by atoms with Gasteiger partial charge in [0.25, 0.3) is 5.91 Å². The highest BCUT2D eigenvalue weighted by atomic mass is 35.5. The average Bonchev–Trinajstić information content (AvgIpc) is 2.72. The third-order valence-corrected chi connectivity index (χ3v) is 3.84. The lowest BCUT2D eigenvalue weighted by molar-refractivity contribution is 0.0784. The zero-order valence-corrected chi connectivity index (χ0v) is 11.0. The van der Waals surface area contributed by atoms with Crippen LogP contribution in [-0.4, -0.2) is 37.5 Å². The van der Waals surface area contributed by atoms with Crippen LogP contribution < -0.4 is 5.32 Å². The highest BCUT2D eigenvalue weighted by Crippen LogP contribution is 2.34. The van der Waals surface area contributed by atoms with Crippen molar-refractivity contribution in [3.8, 4) is 0 Å². The predicted octanol–water partition coefficient (Wildman–Crippen LogP) is 1.64. The van der Waals surface area contributed by atoms with Crippen molar-refractivity contribution in [3.63, 3.8) is 0 Å². The molecule has 2 aliphatic heterocycles. The third kappa shape index (κ3) is 1.99. The number of hydrogen-bond donors (Lipinski definition) is 1. The molecule has 1 fully saturated rings. The first-order valence-corrected chi connectivity index (χ1v) is 5.92. The van der Waals surface area contributed by atoms with E-state index < -0.39 is 0 Å². The van der Waals surface area contributed by atoms with E-state index in [1.165, 1.54) is 12.1 Å². The summed E-state index contributed by atoms with van der Waals surface area (Å²) < 4.78 is 13.3. The molecule has 1 amide bonds. The largest absolute Gasteiger partial charge is 0.341 e. The van der Waals surface area contributed by atoms with E-state index in [4.69, 9.17) is 0 Å². The zero-order valence-electron chi connectivity index (χ0n) is 10.1. The Balaban J connectivity index is 0.00000120. The molecule has 0 spiro atoms. The molecule has 2 atom stereocenters. The van der Waals surface area contributed by atoms with Crippen LogP contribution in [0.25, 0.3) is 0 Å². The van der Waals surface area contributed by atoms with E-state index >= 15 is 0 Å². The zero-order chi connectivity index (χ0) is 12.0. The van der Waals surface area contributed by atoms with E-state index in [1.807, 2.05) is 0 Å². The number of halogens is 2. The third-order valence-electron chi connectivity index (χ3n) is 3.84. The van der Waals surface area contributed by atoms with Crippen molar-refractivity contribution in [3.05, 3.63) is 35.1 Å². The van der Waals surface area contributed by atoms with Gasteiger partial charge >= 0.3 is 0 Å². The predicted molar refractivity (Wildman–Crippen MR) is 69.7 cm³/mol. The van der Waals surface area contributed by atoms with Gasteiger partial charge < -0.3 is 10.2 Å². The summed E-state index contributed by atoms with van der Waals surface area (Å²) in [5.74, 6) is 0.374. The quantitative estimate of drug-likeness (QED) is 0.777. The van der Waals surface area contributed by atoms with Gasteiger partial charge in [-0.3, -0.25) is 4.79 Å². The Kier molecular flexibility index (Phi) is 3.59. The van der Waals surface area contributed by atoms with Crippen molar-refractivity contribution >= 4 is 18.3 Å². The first-order valence-electron chi connectivity index (χ1n) is 5.92. The van der Waals surface area contributed by atoms with E-state index in [2.05, 4.69) is 5.32 Å². The topological polar surface area (TPSA) is 32.3 Å². The van der Waals surface area contributed by atoms with Gasteiger partial charge in [0.05, 0.1) is 0 Å². The van der Waals surface area contributed by atoms with Crippen LogP contribution in [-0.2, 0) is 0 Å². The lowest BCUT2D eigenvalue weighted by Gasteiger charge is -2.19. The van der Waals surface area contributed by atoms with Gasteiger partial charge in [0.2, 0.25) is 0 Å². The molecular weight excluding hydrogens is 255 g/mol. The summed E-state index contributed by atoms with van der Waals surface area (Å²) in [7, 11) is 1.79. The minimum absolute atomic E-state index is 0. The normalized spacial score (nSPS) is 26.1. The second-order valence-corrected chi connectivity index (χ2v) is 4.94. The summed E-state index contributed by atoms with van der Waals surface area (Å²) in [4.78, 5) is 13.9. The van der Waals surface area contributed by atoms with Crippen molar-refractivity contribution < 1.29 is 9.18 Å². The number of nitrogens with zero attached hydrogens (tertiary/aromatic N) is 1. The van der Waals surface area contributed by atoms with Crippen molar-refractivity contribution in [2.45, 2.75) is 5.92 Å². The summed E-state index contributed by atoms with van der Waals surface area (Å²) in [6, 6.07) is 4.59. The van der Waals surface area contributed by atoms with E-state index in [-0.39, 0.29) is 24.1 Å². The highest BCUT2D eigenvalue weighted by molar-refractivity contribution is 5.96. The van der Waals surface area contributed by atoms with Gasteiger partial charge in [-0.2, -0.15) is 0 Å². The van der Waals surface area contributed by atoms with E-state index in [9.17, 15) is 9.18 Å². The summed E-state index contributed by atoms with van der Waals surface area (Å²) in [5.41, 5.74) is 1.53. The number of nitrogens with one attached hydrogen (secondary N) is 1. The number of hydrogen-bond acceptors (Lipinski definition) is 2. The van der Waals surface area contributed by atoms with Crippen molar-refractivity contribution in [2.24, 2.45) is 5.92 Å². The van der Waals surface area contributed by atoms with Crippen molar-refractivity contribution in [1.82, 2.24) is 10.2 Å². The number of amides is 1. The first kappa shape index (κ1) is 13.3. The van der Waals surface area contributed by atoms with Crippen molar-refractivity contribution in [1.29, 1.82) is 0 Å². The Labute approximate surface area is 112 Å². The van der Waals surface area contributed by atoms with Crippen LogP contribution >= 0.6 is 12.4 Å². The monoisotopic (exact) mass is 270 g/mol. The maximum Gasteiger partial charge on any atom is 0.253 e. The number of fused-ring (bicyclic) bond motifs is 3. The summed E-state index contributed by atoms with van der Waals surface area (Å²) >= 11 is 0. The number of benzene rings is 1. The number of rotatable bonds is 0. The molecule has 0 aromatic heterocycles. The summed E-state index contributed by atoms with van der Waals surface area (Å²) in [6.45, 7) is 2.55. The molecule has 18 heavy (non-hydrogen) atoms. The number of carbonyl (C=O) groups excluding carboxylic acids is 1. The minimum atomic E-state index is -0.338. The first-order chi connectivity index (χ1) is 8.16. The van der Waals surface area contributed by atoms with Crippen LogP contribution in [0, 0.1) is 11.7 Å².